The van der Waals surface area contributed by atoms with Crippen molar-refractivity contribution in [2.45, 2.75) is 11.6 Å². The Morgan fingerprint density at radius 1 is 1.04 bits per heavy atom. The Morgan fingerprint density at radius 2 is 1.61 bits per heavy atom. The van der Waals surface area contributed by atoms with E-state index in [-0.39, 0.29) is 6.54 Å². The third kappa shape index (κ3) is 3.68. The van der Waals surface area contributed by atoms with Gasteiger partial charge in [-0.2, -0.15) is 0 Å². The highest BCUT2D eigenvalue weighted by Crippen LogP contribution is 2.68. The number of nitrogens with zero attached hydrogens (tertiary/aromatic N) is 2. The molecule has 1 unspecified atom stereocenters. The zero-order valence-corrected chi connectivity index (χ0v) is 13.7. The Hall–Kier alpha value is -1.15. The fourth-order valence-electron chi connectivity index (χ4n) is 2.30. The molecule has 0 aliphatic carbocycles. The van der Waals surface area contributed by atoms with Crippen molar-refractivity contribution in [2.24, 2.45) is 4.99 Å². The molecular weight excluding hydrogens is 346 g/mol. The molecule has 0 amide bonds. The van der Waals surface area contributed by atoms with Crippen molar-refractivity contribution >= 4 is 21.5 Å². The summed E-state index contributed by atoms with van der Waals surface area (Å²) in [7, 11) is -11.1. The molecule has 0 saturated heterocycles. The Morgan fingerprint density at radius 3 is 2.04 bits per heavy atom. The number of benzene rings is 1. The predicted molar refractivity (Wildman–Crippen MR) is 81.9 cm³/mol. The van der Waals surface area contributed by atoms with E-state index < -0.39 is 31.3 Å². The third-order valence-electron chi connectivity index (χ3n) is 3.51. The van der Waals surface area contributed by atoms with Gasteiger partial charge in [0, 0.05) is 5.56 Å². The van der Waals surface area contributed by atoms with E-state index in [9.17, 15) is 33.8 Å². The molecule has 1 aromatic rings. The van der Waals surface area contributed by atoms with Crippen LogP contribution in [0.1, 0.15) is 5.56 Å². The molecule has 1 heterocycles. The molecule has 5 N–H and O–H groups in total. The Bertz CT molecular complexity index is 688. The van der Waals surface area contributed by atoms with Gasteiger partial charge in [-0.3, -0.25) is 9.13 Å². The Balaban J connectivity index is 2.43. The quantitative estimate of drug-likeness (QED) is 0.365. The molecule has 9 nitrogen and oxygen atoms in total. The van der Waals surface area contributed by atoms with Crippen molar-refractivity contribution in [1.29, 1.82) is 0 Å². The van der Waals surface area contributed by atoms with E-state index in [0.717, 1.165) is 5.56 Å². The first-order chi connectivity index (χ1) is 10.5. The Labute approximate surface area is 132 Å². The zero-order valence-electron chi connectivity index (χ0n) is 11.9. The lowest BCUT2D eigenvalue weighted by Gasteiger charge is -2.36. The van der Waals surface area contributed by atoms with Gasteiger partial charge in [-0.1, -0.05) is 30.3 Å². The zero-order chi connectivity index (χ0) is 17.4. The van der Waals surface area contributed by atoms with Gasteiger partial charge < -0.3 is 24.7 Å². The lowest BCUT2D eigenvalue weighted by molar-refractivity contribution is -0.797. The fourth-order valence-corrected chi connectivity index (χ4v) is 4.55. The summed E-state index contributed by atoms with van der Waals surface area (Å²) in [5.74, 6) is 0. The van der Waals surface area contributed by atoms with Crippen molar-refractivity contribution in [3.63, 3.8) is 0 Å². The lowest BCUT2D eigenvalue weighted by Crippen LogP contribution is -2.51. The number of aliphatic imine (C=N–C) groups is 1. The van der Waals surface area contributed by atoms with Gasteiger partial charge in [0.2, 0.25) is 0 Å². The number of aliphatic hydroxyl groups is 1. The van der Waals surface area contributed by atoms with Gasteiger partial charge in [0.05, 0.1) is 6.20 Å². The first-order valence-electron chi connectivity index (χ1n) is 6.45. The number of hydrogen-bond donors (Lipinski definition) is 5. The minimum absolute atomic E-state index is 0.114. The second kappa shape index (κ2) is 6.05. The topological polar surface area (TPSA) is 148 Å². The number of quaternary nitrogens is 1. The predicted octanol–water partition coefficient (Wildman–Crippen LogP) is 0.518. The molecule has 0 spiro atoms. The van der Waals surface area contributed by atoms with Gasteiger partial charge >= 0.3 is 20.3 Å². The molecular formula is C12H17N2O7P2+. The summed E-state index contributed by atoms with van der Waals surface area (Å²) in [5.41, 5.74) is 0.740. The number of rotatable bonds is 6. The van der Waals surface area contributed by atoms with Gasteiger partial charge in [0.25, 0.3) is 0 Å². The van der Waals surface area contributed by atoms with Crippen LogP contribution in [0.5, 0.6) is 0 Å². The van der Waals surface area contributed by atoms with Crippen LogP contribution in [0.3, 0.4) is 0 Å². The van der Waals surface area contributed by atoms with Gasteiger partial charge in [-0.05, 0) is 0 Å². The first kappa shape index (κ1) is 18.2. The van der Waals surface area contributed by atoms with Crippen molar-refractivity contribution in [3.8, 4) is 0 Å². The molecule has 0 radical (unpaired) electrons. The van der Waals surface area contributed by atoms with E-state index in [1.165, 1.54) is 18.7 Å². The summed E-state index contributed by atoms with van der Waals surface area (Å²) in [6.07, 6.45) is 4.01. The molecule has 0 aromatic heterocycles. The van der Waals surface area contributed by atoms with Crippen LogP contribution in [0.15, 0.2) is 47.7 Å². The summed E-state index contributed by atoms with van der Waals surface area (Å²) in [5, 5.41) is 6.65. The monoisotopic (exact) mass is 363 g/mol. The molecule has 1 aliphatic heterocycles. The molecule has 0 fully saturated rings. The summed E-state index contributed by atoms with van der Waals surface area (Å²) in [6.45, 7) is -0.806. The second-order valence-corrected chi connectivity index (χ2v) is 9.34. The fraction of sp³-hybridized carbons (Fsp3) is 0.250. The maximum atomic E-state index is 11.6. The maximum Gasteiger partial charge on any atom is 0.375 e. The molecule has 0 bridgehead atoms. The van der Waals surface area contributed by atoms with Gasteiger partial charge in [-0.15, -0.1) is 0 Å². The van der Waals surface area contributed by atoms with Crippen LogP contribution in [-0.2, 0) is 15.7 Å². The normalized spacial score (nSPS) is 21.8. The number of hydrogen-bond acceptors (Lipinski definition) is 4. The minimum Gasteiger partial charge on any atom is -0.363 e. The van der Waals surface area contributed by atoms with Crippen molar-refractivity contribution in [3.05, 3.63) is 48.3 Å². The van der Waals surface area contributed by atoms with E-state index in [2.05, 4.69) is 4.99 Å². The van der Waals surface area contributed by atoms with Crippen LogP contribution < -0.4 is 0 Å². The van der Waals surface area contributed by atoms with Crippen LogP contribution in [0.25, 0.3) is 0 Å². The standard InChI is InChI=1S/C12H16N2O7P2/c15-12(22(16,17)18,23(19,20)21)9-14(7-6-13-10-14)8-11-4-2-1-3-5-11/h1-7,10,15H,8-9H2,(H3-,16,17,18,19,20,21)/p+1. The van der Waals surface area contributed by atoms with E-state index >= 15 is 0 Å². The highest BCUT2D eigenvalue weighted by Gasteiger charge is 2.64. The Kier molecular flexibility index (Phi) is 4.79. The average molecular weight is 363 g/mol. The van der Waals surface area contributed by atoms with Crippen molar-refractivity contribution in [1.82, 2.24) is 0 Å². The van der Waals surface area contributed by atoms with E-state index in [1.807, 2.05) is 0 Å². The van der Waals surface area contributed by atoms with Gasteiger partial charge in [-0.25, -0.2) is 9.48 Å². The highest BCUT2D eigenvalue weighted by atomic mass is 31.2. The van der Waals surface area contributed by atoms with E-state index in [1.54, 1.807) is 30.3 Å². The highest BCUT2D eigenvalue weighted by molar-refractivity contribution is 7.72. The molecule has 1 aromatic carbocycles. The second-order valence-electron chi connectivity index (χ2n) is 5.33. The van der Waals surface area contributed by atoms with Crippen LogP contribution in [0.4, 0.5) is 0 Å². The van der Waals surface area contributed by atoms with Gasteiger partial charge in [0.1, 0.15) is 19.3 Å². The summed E-state index contributed by atoms with van der Waals surface area (Å²) in [4.78, 5) is 41.0. The molecule has 23 heavy (non-hydrogen) atoms. The molecule has 0 saturated carbocycles. The van der Waals surface area contributed by atoms with Crippen molar-refractivity contribution in [2.75, 3.05) is 6.54 Å². The summed E-state index contributed by atoms with van der Waals surface area (Å²) in [6, 6.07) is 8.77. The maximum absolute atomic E-state index is 11.6. The van der Waals surface area contributed by atoms with Crippen LogP contribution in [0, 0.1) is 0 Å². The minimum atomic E-state index is -5.53. The largest absolute Gasteiger partial charge is 0.375 e. The van der Waals surface area contributed by atoms with Crippen LogP contribution in [0.2, 0.25) is 0 Å². The molecule has 2 rings (SSSR count). The summed E-state index contributed by atoms with van der Waals surface area (Å²) >= 11 is 0. The molecule has 1 aliphatic rings. The molecule has 1 atom stereocenters. The van der Waals surface area contributed by atoms with Crippen molar-refractivity contribution < 1.29 is 38.3 Å². The van der Waals surface area contributed by atoms with E-state index in [0.29, 0.717) is 0 Å². The SMILES string of the molecule is O=P(O)(O)C(O)(C[N+]1(Cc2ccccc2)C=CN=C1)P(=O)(O)O. The smallest absolute Gasteiger partial charge is 0.363 e. The van der Waals surface area contributed by atoms with Crippen LogP contribution >= 0.6 is 15.2 Å². The summed E-state index contributed by atoms with van der Waals surface area (Å²) < 4.78 is 22.7. The van der Waals surface area contributed by atoms with E-state index in [4.69, 9.17) is 0 Å². The lowest BCUT2D eigenvalue weighted by atomic mass is 10.2. The first-order valence-corrected chi connectivity index (χ1v) is 9.68. The molecule has 11 heteroatoms. The van der Waals surface area contributed by atoms with Gasteiger partial charge in [0.15, 0.2) is 6.34 Å². The van der Waals surface area contributed by atoms with Crippen LogP contribution in [-0.4, -0.2) is 47.1 Å². The molecule has 126 valence electrons. The third-order valence-corrected chi connectivity index (χ3v) is 7.22. The average Bonchev–Trinajstić information content (AvgIpc) is 2.85.